The lowest BCUT2D eigenvalue weighted by Crippen LogP contribution is -2.42. The maximum atomic E-state index is 12.1. The highest BCUT2D eigenvalue weighted by atomic mass is 16.5. The SMILES string of the molecule is CCCCCCCCCCCCCCCC[N+]([O-])(CC)CC. The molecule has 0 saturated heterocycles. The molecular formula is C20H43NO. The van der Waals surface area contributed by atoms with Crippen molar-refractivity contribution < 1.29 is 4.65 Å². The van der Waals surface area contributed by atoms with Crippen molar-refractivity contribution in [3.05, 3.63) is 5.21 Å². The van der Waals surface area contributed by atoms with Gasteiger partial charge in [0.05, 0.1) is 19.6 Å². The van der Waals surface area contributed by atoms with Crippen LogP contribution in [-0.4, -0.2) is 24.3 Å². The molecule has 0 spiro atoms. The van der Waals surface area contributed by atoms with Gasteiger partial charge in [-0.1, -0.05) is 84.0 Å². The molecule has 2 nitrogen and oxygen atoms in total. The first-order valence-corrected chi connectivity index (χ1v) is 10.3. The topological polar surface area (TPSA) is 23.1 Å². The van der Waals surface area contributed by atoms with Crippen molar-refractivity contribution in [2.45, 2.75) is 111 Å². The summed E-state index contributed by atoms with van der Waals surface area (Å²) in [5.41, 5.74) is 0. The molecule has 0 unspecified atom stereocenters. The molecule has 0 aliphatic rings. The largest absolute Gasteiger partial charge is 0.633 e. The molecular weight excluding hydrogens is 270 g/mol. The van der Waals surface area contributed by atoms with E-state index in [1.165, 1.54) is 83.5 Å². The van der Waals surface area contributed by atoms with Gasteiger partial charge in [-0.15, -0.1) is 0 Å². The Morgan fingerprint density at radius 1 is 0.500 bits per heavy atom. The molecule has 22 heavy (non-hydrogen) atoms. The third-order valence-electron chi connectivity index (χ3n) is 5.07. The highest BCUT2D eigenvalue weighted by molar-refractivity contribution is 4.50. The van der Waals surface area contributed by atoms with Crippen molar-refractivity contribution in [3.63, 3.8) is 0 Å². The minimum absolute atomic E-state index is 0.0122. The monoisotopic (exact) mass is 313 g/mol. The Hall–Kier alpha value is -0.0800. The Kier molecular flexibility index (Phi) is 15.7. The van der Waals surface area contributed by atoms with E-state index in [9.17, 15) is 5.21 Å². The van der Waals surface area contributed by atoms with E-state index in [2.05, 4.69) is 6.92 Å². The summed E-state index contributed by atoms with van der Waals surface area (Å²) in [6.07, 6.45) is 19.3. The zero-order valence-corrected chi connectivity index (χ0v) is 15.9. The molecule has 0 amide bonds. The van der Waals surface area contributed by atoms with Crippen LogP contribution in [0.15, 0.2) is 0 Å². The zero-order valence-electron chi connectivity index (χ0n) is 15.9. The van der Waals surface area contributed by atoms with Crippen molar-refractivity contribution >= 4 is 0 Å². The van der Waals surface area contributed by atoms with Crippen LogP contribution in [0.4, 0.5) is 0 Å². The number of hydrogen-bond acceptors (Lipinski definition) is 1. The molecule has 0 rings (SSSR count). The normalized spacial score (nSPS) is 12.0. The van der Waals surface area contributed by atoms with Crippen LogP contribution in [0.1, 0.15) is 111 Å². The van der Waals surface area contributed by atoms with Gasteiger partial charge >= 0.3 is 0 Å². The smallest absolute Gasteiger partial charge is 0.0783 e. The summed E-state index contributed by atoms with van der Waals surface area (Å²) < 4.78 is 0.0122. The molecule has 0 fully saturated rings. The van der Waals surface area contributed by atoms with Gasteiger partial charge in [-0.3, -0.25) is 0 Å². The Labute approximate surface area is 140 Å². The number of quaternary nitrogens is 1. The zero-order chi connectivity index (χ0) is 16.5. The Morgan fingerprint density at radius 3 is 1.14 bits per heavy atom. The molecule has 0 aromatic heterocycles. The maximum Gasteiger partial charge on any atom is 0.0783 e. The van der Waals surface area contributed by atoms with Gasteiger partial charge in [-0.25, -0.2) is 0 Å². The average molecular weight is 314 g/mol. The lowest BCUT2D eigenvalue weighted by molar-refractivity contribution is -0.877. The van der Waals surface area contributed by atoms with Gasteiger partial charge in [0.25, 0.3) is 0 Å². The molecule has 0 heterocycles. The summed E-state index contributed by atoms with van der Waals surface area (Å²) in [5.74, 6) is 0. The van der Waals surface area contributed by atoms with E-state index in [0.29, 0.717) is 0 Å². The highest BCUT2D eigenvalue weighted by Crippen LogP contribution is 2.14. The van der Waals surface area contributed by atoms with Crippen LogP contribution in [0.3, 0.4) is 0 Å². The van der Waals surface area contributed by atoms with E-state index < -0.39 is 0 Å². The minimum atomic E-state index is 0.0122. The predicted molar refractivity (Wildman–Crippen MR) is 99.9 cm³/mol. The van der Waals surface area contributed by atoms with E-state index in [4.69, 9.17) is 0 Å². The van der Waals surface area contributed by atoms with Crippen LogP contribution in [0.2, 0.25) is 0 Å². The number of unbranched alkanes of at least 4 members (excludes halogenated alkanes) is 13. The lowest BCUT2D eigenvalue weighted by Gasteiger charge is -2.41. The molecule has 134 valence electrons. The fourth-order valence-corrected chi connectivity index (χ4v) is 3.13. The van der Waals surface area contributed by atoms with E-state index in [-0.39, 0.29) is 4.65 Å². The van der Waals surface area contributed by atoms with Gasteiger partial charge in [0.1, 0.15) is 0 Å². The quantitative estimate of drug-likeness (QED) is 0.164. The summed E-state index contributed by atoms with van der Waals surface area (Å²) in [4.78, 5) is 0. The lowest BCUT2D eigenvalue weighted by atomic mass is 10.0. The van der Waals surface area contributed by atoms with Gasteiger partial charge in [-0.2, -0.15) is 0 Å². The van der Waals surface area contributed by atoms with Crippen molar-refractivity contribution in [1.82, 2.24) is 0 Å². The predicted octanol–water partition coefficient (Wildman–Crippen LogP) is 6.82. The van der Waals surface area contributed by atoms with E-state index in [1.807, 2.05) is 13.8 Å². The van der Waals surface area contributed by atoms with Crippen molar-refractivity contribution in [2.75, 3.05) is 19.6 Å². The Balaban J connectivity index is 3.14. The van der Waals surface area contributed by atoms with E-state index in [1.54, 1.807) is 0 Å². The molecule has 0 N–H and O–H groups in total. The summed E-state index contributed by atoms with van der Waals surface area (Å²) in [5, 5.41) is 12.1. The first-order valence-electron chi connectivity index (χ1n) is 10.3. The summed E-state index contributed by atoms with van der Waals surface area (Å²) >= 11 is 0. The molecule has 0 aliphatic heterocycles. The number of hydrogen-bond donors (Lipinski definition) is 0. The first kappa shape index (κ1) is 21.9. The molecule has 0 bridgehead atoms. The van der Waals surface area contributed by atoms with Crippen molar-refractivity contribution in [2.24, 2.45) is 0 Å². The second-order valence-electron chi connectivity index (χ2n) is 7.01. The molecule has 0 aromatic carbocycles. The highest BCUT2D eigenvalue weighted by Gasteiger charge is 2.09. The van der Waals surface area contributed by atoms with Crippen LogP contribution in [0.25, 0.3) is 0 Å². The standard InChI is InChI=1S/C20H43NO/c1-4-7-8-9-10-11-12-13-14-15-16-17-18-19-20-21(22,5-2)6-3/h4-20H2,1-3H3. The Bertz CT molecular complexity index is 214. The van der Waals surface area contributed by atoms with E-state index in [0.717, 1.165) is 26.1 Å². The number of rotatable bonds is 17. The van der Waals surface area contributed by atoms with E-state index >= 15 is 0 Å². The molecule has 0 aliphatic carbocycles. The molecule has 2 heteroatoms. The molecule has 0 atom stereocenters. The molecule has 0 aromatic rings. The van der Waals surface area contributed by atoms with Gasteiger partial charge in [0, 0.05) is 0 Å². The number of hydroxylamine groups is 3. The first-order chi connectivity index (χ1) is 10.7. The molecule has 0 saturated carbocycles. The van der Waals surface area contributed by atoms with Gasteiger partial charge in [-0.05, 0) is 26.7 Å². The van der Waals surface area contributed by atoms with Crippen molar-refractivity contribution in [1.29, 1.82) is 0 Å². The number of nitrogens with zero attached hydrogens (tertiary/aromatic N) is 1. The molecule has 0 radical (unpaired) electrons. The summed E-state index contributed by atoms with van der Waals surface area (Å²) in [6.45, 7) is 8.60. The van der Waals surface area contributed by atoms with Crippen LogP contribution in [0, 0.1) is 5.21 Å². The second-order valence-corrected chi connectivity index (χ2v) is 7.01. The second kappa shape index (κ2) is 15.8. The van der Waals surface area contributed by atoms with Crippen molar-refractivity contribution in [3.8, 4) is 0 Å². The Morgan fingerprint density at radius 2 is 0.818 bits per heavy atom. The third kappa shape index (κ3) is 13.6. The minimum Gasteiger partial charge on any atom is -0.633 e. The third-order valence-corrected chi connectivity index (χ3v) is 5.07. The van der Waals surface area contributed by atoms with Crippen LogP contribution in [0.5, 0.6) is 0 Å². The maximum absolute atomic E-state index is 12.1. The fourth-order valence-electron chi connectivity index (χ4n) is 3.13. The van der Waals surface area contributed by atoms with Crippen LogP contribution >= 0.6 is 0 Å². The summed E-state index contributed by atoms with van der Waals surface area (Å²) in [7, 11) is 0. The van der Waals surface area contributed by atoms with Gasteiger partial charge in [0.2, 0.25) is 0 Å². The average Bonchev–Trinajstić information content (AvgIpc) is 2.55. The van der Waals surface area contributed by atoms with Crippen LogP contribution < -0.4 is 0 Å². The summed E-state index contributed by atoms with van der Waals surface area (Å²) in [6, 6.07) is 0. The van der Waals surface area contributed by atoms with Gasteiger partial charge in [0.15, 0.2) is 0 Å². The fraction of sp³-hybridized carbons (Fsp3) is 1.00. The van der Waals surface area contributed by atoms with Crippen LogP contribution in [-0.2, 0) is 0 Å². The van der Waals surface area contributed by atoms with Gasteiger partial charge < -0.3 is 9.85 Å².